The minimum absolute atomic E-state index is 0.295. The molecule has 0 amide bonds. The molecule has 0 aliphatic rings. The van der Waals surface area contributed by atoms with E-state index in [1.54, 1.807) is 0 Å². The van der Waals surface area contributed by atoms with E-state index >= 15 is 0 Å². The number of benzene rings is 1. The Morgan fingerprint density at radius 1 is 1.14 bits per heavy atom. The fraction of sp³-hybridized carbons (Fsp3) is 0. The average Bonchev–Trinajstić information content (AvgIpc) is 2.78. The fourth-order valence-electron chi connectivity index (χ4n) is 1.19. The van der Waals surface area contributed by atoms with Gasteiger partial charge in [0, 0.05) is 5.56 Å². The van der Waals surface area contributed by atoms with Gasteiger partial charge < -0.3 is 4.42 Å². The summed E-state index contributed by atoms with van der Waals surface area (Å²) in [5.41, 5.74) is 0.889. The lowest BCUT2D eigenvalue weighted by Gasteiger charge is -1.90. The molecule has 0 bridgehead atoms. The summed E-state index contributed by atoms with van der Waals surface area (Å²) in [7, 11) is 0. The summed E-state index contributed by atoms with van der Waals surface area (Å²) in [6.07, 6.45) is 0. The van der Waals surface area contributed by atoms with E-state index < -0.39 is 0 Å². The lowest BCUT2D eigenvalue weighted by molar-refractivity contribution is 0.601. The summed E-state index contributed by atoms with van der Waals surface area (Å²) in [5, 5.41) is 14.7. The first-order valence-corrected chi connectivity index (χ1v) is 4.04. The Hall–Kier alpha value is -2.24. The smallest absolute Gasteiger partial charge is 0.364 e. The van der Waals surface area contributed by atoms with E-state index in [9.17, 15) is 0 Å². The van der Waals surface area contributed by atoms with Crippen LogP contribution in [-0.2, 0) is 0 Å². The summed E-state index contributed by atoms with van der Waals surface area (Å²) < 4.78 is 6.56. The van der Waals surface area contributed by atoms with Gasteiger partial charge in [0.1, 0.15) is 0 Å². The van der Waals surface area contributed by atoms with Crippen LogP contribution in [0.1, 0.15) is 0 Å². The van der Waals surface area contributed by atoms with Crippen molar-refractivity contribution in [3.05, 3.63) is 30.3 Å². The van der Waals surface area contributed by atoms with Crippen LogP contribution in [0.15, 0.2) is 34.7 Å². The number of hydrogen-bond donors (Lipinski definition) is 0. The Morgan fingerprint density at radius 3 is 2.79 bits per heavy atom. The summed E-state index contributed by atoms with van der Waals surface area (Å²) in [6, 6.07) is 9.55. The van der Waals surface area contributed by atoms with E-state index in [0.717, 1.165) is 5.56 Å². The number of fused-ring (bicyclic) bond motifs is 1. The van der Waals surface area contributed by atoms with Crippen LogP contribution in [0.5, 0.6) is 0 Å². The first-order valence-electron chi connectivity index (χ1n) is 4.04. The lowest BCUT2D eigenvalue weighted by atomic mass is 10.2. The molecule has 3 aromatic rings. The second-order valence-electron chi connectivity index (χ2n) is 2.72. The second-order valence-corrected chi connectivity index (χ2v) is 2.72. The molecule has 68 valence electrons. The van der Waals surface area contributed by atoms with Crippen LogP contribution in [0.4, 0.5) is 0 Å². The second kappa shape index (κ2) is 2.63. The number of hydrogen-bond acceptors (Lipinski definition) is 5. The van der Waals surface area contributed by atoms with Gasteiger partial charge in [-0.05, 0) is 22.6 Å². The highest BCUT2D eigenvalue weighted by Gasteiger charge is 2.09. The maximum Gasteiger partial charge on any atom is 0.364 e. The van der Waals surface area contributed by atoms with Crippen LogP contribution >= 0.6 is 0 Å². The Balaban J connectivity index is 2.19. The summed E-state index contributed by atoms with van der Waals surface area (Å²) in [5.74, 6) is 0.784. The monoisotopic (exact) mass is 187 g/mol. The molecule has 6 nitrogen and oxygen atoms in total. The van der Waals surface area contributed by atoms with E-state index in [1.807, 2.05) is 30.3 Å². The number of aromatic nitrogens is 5. The zero-order chi connectivity index (χ0) is 9.38. The molecule has 0 saturated heterocycles. The number of nitrogens with zero attached hydrogens (tertiary/aromatic N) is 5. The van der Waals surface area contributed by atoms with Crippen molar-refractivity contribution in [3.8, 4) is 11.5 Å². The van der Waals surface area contributed by atoms with Crippen molar-refractivity contribution < 1.29 is 4.42 Å². The minimum atomic E-state index is 0.295. The normalized spacial score (nSPS) is 10.9. The van der Waals surface area contributed by atoms with Crippen molar-refractivity contribution in [1.82, 2.24) is 25.3 Å². The Kier molecular flexibility index (Phi) is 1.35. The molecular formula is C8H5N5O. The Labute approximate surface area is 78.2 Å². The molecule has 0 unspecified atom stereocenters. The SMILES string of the molecule is c1ccc(-c2nn3nnnc3o2)cc1. The van der Waals surface area contributed by atoms with Gasteiger partial charge in [0.25, 0.3) is 0 Å². The molecule has 2 aromatic heterocycles. The summed E-state index contributed by atoms with van der Waals surface area (Å²) >= 11 is 0. The molecule has 1 aromatic carbocycles. The van der Waals surface area contributed by atoms with Crippen LogP contribution in [0.3, 0.4) is 0 Å². The highest BCUT2D eigenvalue weighted by atomic mass is 16.4. The molecule has 0 atom stereocenters. The van der Waals surface area contributed by atoms with Crippen LogP contribution in [0.2, 0.25) is 0 Å². The van der Waals surface area contributed by atoms with Crippen LogP contribution < -0.4 is 0 Å². The Morgan fingerprint density at radius 2 is 2.00 bits per heavy atom. The van der Waals surface area contributed by atoms with Crippen molar-refractivity contribution in [3.63, 3.8) is 0 Å². The van der Waals surface area contributed by atoms with E-state index in [1.165, 1.54) is 4.63 Å². The Bertz CT molecular complexity index is 527. The predicted octanol–water partition coefficient (Wildman–Crippen LogP) is 0.779. The molecule has 14 heavy (non-hydrogen) atoms. The molecular weight excluding hydrogens is 182 g/mol. The predicted molar refractivity (Wildman–Crippen MR) is 46.3 cm³/mol. The maximum absolute atomic E-state index is 5.31. The van der Waals surface area contributed by atoms with Crippen molar-refractivity contribution in [2.24, 2.45) is 0 Å². The van der Waals surface area contributed by atoms with Gasteiger partial charge >= 0.3 is 5.84 Å². The highest BCUT2D eigenvalue weighted by Crippen LogP contribution is 2.17. The van der Waals surface area contributed by atoms with Crippen molar-refractivity contribution in [2.75, 3.05) is 0 Å². The van der Waals surface area contributed by atoms with E-state index in [2.05, 4.69) is 20.6 Å². The molecule has 0 saturated carbocycles. The minimum Gasteiger partial charge on any atom is -0.401 e. The summed E-state index contributed by atoms with van der Waals surface area (Å²) in [4.78, 5) is 0. The highest BCUT2D eigenvalue weighted by molar-refractivity contribution is 5.53. The van der Waals surface area contributed by atoms with Gasteiger partial charge in [0.2, 0.25) is 5.89 Å². The quantitative estimate of drug-likeness (QED) is 0.563. The molecule has 3 rings (SSSR count). The number of tetrazole rings is 1. The topological polar surface area (TPSA) is 69.1 Å². The molecule has 0 N–H and O–H groups in total. The molecule has 0 spiro atoms. The van der Waals surface area contributed by atoms with Gasteiger partial charge in [-0.3, -0.25) is 0 Å². The molecule has 6 heteroatoms. The van der Waals surface area contributed by atoms with Gasteiger partial charge in [-0.25, -0.2) is 0 Å². The van der Waals surface area contributed by atoms with Crippen molar-refractivity contribution in [2.45, 2.75) is 0 Å². The maximum atomic E-state index is 5.31. The van der Waals surface area contributed by atoms with Crippen LogP contribution in [0.25, 0.3) is 17.3 Å². The van der Waals surface area contributed by atoms with Crippen LogP contribution in [-0.4, -0.2) is 25.3 Å². The molecule has 0 aliphatic carbocycles. The largest absolute Gasteiger partial charge is 0.401 e. The van der Waals surface area contributed by atoms with E-state index in [-0.39, 0.29) is 0 Å². The fourth-order valence-corrected chi connectivity index (χ4v) is 1.19. The van der Waals surface area contributed by atoms with Crippen molar-refractivity contribution in [1.29, 1.82) is 0 Å². The third-order valence-electron chi connectivity index (χ3n) is 1.82. The standard InChI is InChI=1S/C8H5N5O/c1-2-4-6(5-3-1)7-10-13-8(14-7)9-11-12-13/h1-5H. The van der Waals surface area contributed by atoms with Gasteiger partial charge in [-0.2, -0.15) is 0 Å². The lowest BCUT2D eigenvalue weighted by Crippen LogP contribution is -1.87. The third-order valence-corrected chi connectivity index (χ3v) is 1.82. The van der Waals surface area contributed by atoms with Gasteiger partial charge in [-0.1, -0.05) is 27.9 Å². The molecule has 0 fully saturated rings. The third kappa shape index (κ3) is 0.972. The van der Waals surface area contributed by atoms with Gasteiger partial charge in [0.05, 0.1) is 0 Å². The van der Waals surface area contributed by atoms with E-state index in [4.69, 9.17) is 4.42 Å². The zero-order valence-corrected chi connectivity index (χ0v) is 7.03. The van der Waals surface area contributed by atoms with Crippen molar-refractivity contribution >= 4 is 5.84 Å². The first-order chi connectivity index (χ1) is 6.93. The van der Waals surface area contributed by atoms with Gasteiger partial charge in [0.15, 0.2) is 0 Å². The van der Waals surface area contributed by atoms with Gasteiger partial charge in [-0.15, -0.1) is 5.10 Å². The molecule has 0 radical (unpaired) electrons. The average molecular weight is 187 g/mol. The van der Waals surface area contributed by atoms with Crippen LogP contribution in [0, 0.1) is 0 Å². The molecule has 0 aliphatic heterocycles. The zero-order valence-electron chi connectivity index (χ0n) is 7.03. The summed E-state index contributed by atoms with van der Waals surface area (Å²) in [6.45, 7) is 0. The number of rotatable bonds is 1. The first kappa shape index (κ1) is 7.19. The van der Waals surface area contributed by atoms with E-state index in [0.29, 0.717) is 11.7 Å². The molecule has 2 heterocycles.